The Morgan fingerprint density at radius 1 is 0.467 bits per heavy atom. The fourth-order valence-electron chi connectivity index (χ4n) is 4.30. The molecule has 0 atom stereocenters. The zero-order valence-electron chi connectivity index (χ0n) is 16.4. The van der Waals surface area contributed by atoms with Gasteiger partial charge in [0.15, 0.2) is 0 Å². The Balaban J connectivity index is 2.09. The SMILES string of the molecule is COc1ccc([B-](c2ccc(Cl)cc2)(c2ccc(Cl)cc2)c2ccc(Cl)cc2)cc1. The molecule has 0 saturated heterocycles. The molecule has 150 valence electrons. The highest BCUT2D eigenvalue weighted by atomic mass is 35.5. The molecule has 0 saturated carbocycles. The first-order chi connectivity index (χ1) is 14.5. The molecule has 0 aliphatic rings. The summed E-state index contributed by atoms with van der Waals surface area (Å²) in [5, 5.41) is 2.10. The van der Waals surface area contributed by atoms with Crippen LogP contribution in [0.5, 0.6) is 5.75 Å². The van der Waals surface area contributed by atoms with Crippen LogP contribution in [0.1, 0.15) is 0 Å². The molecule has 1 nitrogen and oxygen atoms in total. The van der Waals surface area contributed by atoms with Gasteiger partial charge in [0.25, 0.3) is 0 Å². The van der Waals surface area contributed by atoms with E-state index in [4.69, 9.17) is 39.5 Å². The monoisotopic (exact) mass is 451 g/mol. The van der Waals surface area contributed by atoms with E-state index >= 15 is 0 Å². The van der Waals surface area contributed by atoms with Gasteiger partial charge in [0.05, 0.1) is 7.11 Å². The molecule has 0 aromatic heterocycles. The molecule has 0 aliphatic heterocycles. The van der Waals surface area contributed by atoms with Gasteiger partial charge in [-0.3, -0.25) is 0 Å². The van der Waals surface area contributed by atoms with Gasteiger partial charge in [0.2, 0.25) is 0 Å². The largest absolute Gasteiger partial charge is 0.497 e. The molecule has 0 fully saturated rings. The molecule has 0 bridgehead atoms. The number of halogens is 3. The third-order valence-electron chi connectivity index (χ3n) is 5.73. The van der Waals surface area contributed by atoms with Gasteiger partial charge in [-0.15, -0.1) is 0 Å². The second-order valence-electron chi connectivity index (χ2n) is 7.29. The minimum Gasteiger partial charge on any atom is -0.497 e. The first-order valence-electron chi connectivity index (χ1n) is 9.62. The van der Waals surface area contributed by atoms with Crippen molar-refractivity contribution in [3.63, 3.8) is 0 Å². The zero-order chi connectivity index (χ0) is 21.1. The molecule has 0 N–H and O–H groups in total. The Bertz CT molecular complexity index is 1010. The Hall–Kier alpha value is -2.39. The average molecular weight is 453 g/mol. The number of methoxy groups -OCH3 is 1. The van der Waals surface area contributed by atoms with E-state index in [2.05, 4.69) is 48.5 Å². The second kappa shape index (κ2) is 8.77. The highest BCUT2D eigenvalue weighted by molar-refractivity contribution is 7.19. The molecule has 30 heavy (non-hydrogen) atoms. The van der Waals surface area contributed by atoms with E-state index in [0.717, 1.165) is 27.6 Å². The highest BCUT2D eigenvalue weighted by Gasteiger charge is 2.31. The first kappa shape index (κ1) is 20.9. The van der Waals surface area contributed by atoms with E-state index in [1.807, 2.05) is 48.5 Å². The molecule has 4 aromatic rings. The molecule has 0 amide bonds. The van der Waals surface area contributed by atoms with Crippen molar-refractivity contribution < 1.29 is 4.74 Å². The fraction of sp³-hybridized carbons (Fsp3) is 0.0400. The van der Waals surface area contributed by atoms with Crippen LogP contribution in [-0.4, -0.2) is 13.3 Å². The van der Waals surface area contributed by atoms with Gasteiger partial charge in [0, 0.05) is 15.1 Å². The van der Waals surface area contributed by atoms with Crippen molar-refractivity contribution >= 4 is 62.8 Å². The molecule has 0 spiro atoms. The van der Waals surface area contributed by atoms with E-state index < -0.39 is 6.15 Å². The van der Waals surface area contributed by atoms with Gasteiger partial charge < -0.3 is 4.74 Å². The molecule has 0 heterocycles. The van der Waals surface area contributed by atoms with E-state index in [9.17, 15) is 0 Å². The summed E-state index contributed by atoms with van der Waals surface area (Å²) in [5.74, 6) is 0.812. The normalized spacial score (nSPS) is 11.3. The van der Waals surface area contributed by atoms with Gasteiger partial charge in [-0.05, 0) is 48.5 Å². The van der Waals surface area contributed by atoms with Crippen LogP contribution in [-0.2, 0) is 0 Å². The quantitative estimate of drug-likeness (QED) is 0.386. The first-order valence-corrected chi connectivity index (χ1v) is 10.8. The van der Waals surface area contributed by atoms with Gasteiger partial charge in [-0.25, -0.2) is 0 Å². The number of ether oxygens (including phenoxy) is 1. The smallest absolute Gasteiger partial charge is 0.118 e. The highest BCUT2D eigenvalue weighted by Crippen LogP contribution is 2.17. The van der Waals surface area contributed by atoms with Crippen molar-refractivity contribution in [3.05, 3.63) is 112 Å². The van der Waals surface area contributed by atoms with Crippen LogP contribution in [0, 0.1) is 0 Å². The van der Waals surface area contributed by atoms with Gasteiger partial charge >= 0.3 is 0 Å². The molecular weight excluding hydrogens is 433 g/mol. The maximum Gasteiger partial charge on any atom is 0.118 e. The van der Waals surface area contributed by atoms with Crippen LogP contribution in [0.3, 0.4) is 0 Å². The maximum absolute atomic E-state index is 6.24. The molecular formula is C25H19BCl3O-. The Morgan fingerprint density at radius 2 is 0.733 bits per heavy atom. The van der Waals surface area contributed by atoms with Crippen molar-refractivity contribution in [2.24, 2.45) is 0 Å². The molecule has 5 heteroatoms. The summed E-state index contributed by atoms with van der Waals surface area (Å²) in [6.07, 6.45) is -1.51. The number of hydrogen-bond acceptors (Lipinski definition) is 1. The average Bonchev–Trinajstić information content (AvgIpc) is 2.78. The summed E-state index contributed by atoms with van der Waals surface area (Å²) in [4.78, 5) is 0. The van der Waals surface area contributed by atoms with Gasteiger partial charge in [0.1, 0.15) is 11.9 Å². The summed E-state index contributed by atoms with van der Waals surface area (Å²) in [6, 6.07) is 32.4. The minimum absolute atomic E-state index is 0.699. The summed E-state index contributed by atoms with van der Waals surface area (Å²) in [5.41, 5.74) is 4.60. The zero-order valence-corrected chi connectivity index (χ0v) is 18.6. The van der Waals surface area contributed by atoms with Crippen molar-refractivity contribution in [2.75, 3.05) is 7.11 Å². The van der Waals surface area contributed by atoms with Crippen molar-refractivity contribution in [1.29, 1.82) is 0 Å². The third kappa shape index (κ3) is 3.84. The van der Waals surface area contributed by atoms with E-state index in [1.54, 1.807) is 7.11 Å². The van der Waals surface area contributed by atoms with E-state index in [-0.39, 0.29) is 0 Å². The standard InChI is InChI=1S/C25H19BCl3O/c1-30-25-16-8-21(9-17-25)26(18-2-10-22(27)11-3-18,19-4-12-23(28)13-5-19)20-6-14-24(29)15-7-20/h2-17H,1H3/q-1. The Kier molecular flexibility index (Phi) is 6.10. The third-order valence-corrected chi connectivity index (χ3v) is 6.48. The summed E-state index contributed by atoms with van der Waals surface area (Å²) in [7, 11) is 1.67. The molecule has 4 rings (SSSR count). The lowest BCUT2D eigenvalue weighted by molar-refractivity contribution is 0.415. The lowest BCUT2D eigenvalue weighted by atomic mass is 9.13. The van der Waals surface area contributed by atoms with Crippen molar-refractivity contribution in [1.82, 2.24) is 0 Å². The van der Waals surface area contributed by atoms with Crippen LogP contribution in [0.25, 0.3) is 0 Å². The maximum atomic E-state index is 6.24. The van der Waals surface area contributed by atoms with E-state index in [0.29, 0.717) is 15.1 Å². The van der Waals surface area contributed by atoms with Crippen molar-refractivity contribution in [3.8, 4) is 5.75 Å². The number of rotatable bonds is 5. The van der Waals surface area contributed by atoms with Gasteiger partial charge in [-0.1, -0.05) is 83.3 Å². The molecule has 0 radical (unpaired) electrons. The summed E-state index contributed by atoms with van der Waals surface area (Å²) < 4.78 is 5.40. The fourth-order valence-corrected chi connectivity index (χ4v) is 4.68. The minimum atomic E-state index is -1.51. The molecule has 0 unspecified atom stereocenters. The van der Waals surface area contributed by atoms with Crippen LogP contribution < -0.4 is 26.6 Å². The molecule has 4 aromatic carbocycles. The van der Waals surface area contributed by atoms with Crippen LogP contribution >= 0.6 is 34.8 Å². The Labute approximate surface area is 192 Å². The van der Waals surface area contributed by atoms with Crippen LogP contribution in [0.4, 0.5) is 0 Å². The summed E-state index contributed by atoms with van der Waals surface area (Å²) >= 11 is 18.7. The second-order valence-corrected chi connectivity index (χ2v) is 8.60. The van der Waals surface area contributed by atoms with E-state index in [1.165, 1.54) is 0 Å². The van der Waals surface area contributed by atoms with Crippen molar-refractivity contribution in [2.45, 2.75) is 0 Å². The van der Waals surface area contributed by atoms with Crippen LogP contribution in [0.15, 0.2) is 97.1 Å². The lowest BCUT2D eigenvalue weighted by Gasteiger charge is -2.44. The van der Waals surface area contributed by atoms with Crippen LogP contribution in [0.2, 0.25) is 15.1 Å². The predicted octanol–water partition coefficient (Wildman–Crippen LogP) is 5.03. The lowest BCUT2D eigenvalue weighted by Crippen LogP contribution is -2.74. The van der Waals surface area contributed by atoms with Gasteiger partial charge in [-0.2, -0.15) is 21.9 Å². The summed E-state index contributed by atoms with van der Waals surface area (Å²) in [6.45, 7) is 0. The number of hydrogen-bond donors (Lipinski definition) is 0. The Morgan fingerprint density at radius 3 is 1.00 bits per heavy atom. The molecule has 0 aliphatic carbocycles. The number of benzene rings is 4. The topological polar surface area (TPSA) is 9.23 Å². The predicted molar refractivity (Wildman–Crippen MR) is 132 cm³/mol.